The summed E-state index contributed by atoms with van der Waals surface area (Å²) in [5, 5.41) is 4.84. The average molecular weight is 348 g/mol. The molecule has 10 heteroatoms. The smallest absolute Gasteiger partial charge is 0.262 e. The molecule has 0 aliphatic rings. The Morgan fingerprint density at radius 3 is 2.14 bits per heavy atom. The van der Waals surface area contributed by atoms with Crippen molar-refractivity contribution in [2.24, 2.45) is 5.14 Å². The van der Waals surface area contributed by atoms with Gasteiger partial charge in [-0.05, 0) is 36.4 Å². The maximum Gasteiger partial charge on any atom is 0.262 e. The Bertz CT molecular complexity index is 928. The van der Waals surface area contributed by atoms with E-state index in [-0.39, 0.29) is 0 Å². The molecule has 2 aromatic rings. The number of hydrogen-bond acceptors (Lipinski definition) is 4. The highest BCUT2D eigenvalue weighted by atomic mass is 32.2. The van der Waals surface area contributed by atoms with Crippen molar-refractivity contribution in [2.45, 2.75) is 9.79 Å². The van der Waals surface area contributed by atoms with Crippen LogP contribution in [0.5, 0.6) is 0 Å². The van der Waals surface area contributed by atoms with Crippen molar-refractivity contribution >= 4 is 25.7 Å². The van der Waals surface area contributed by atoms with Crippen molar-refractivity contribution in [2.75, 3.05) is 4.72 Å². The molecule has 0 bridgehead atoms. The van der Waals surface area contributed by atoms with Gasteiger partial charge in [0.05, 0.1) is 15.5 Å². The van der Waals surface area contributed by atoms with Gasteiger partial charge < -0.3 is 0 Å². The number of nitrogens with two attached hydrogens (primary N) is 1. The van der Waals surface area contributed by atoms with Gasteiger partial charge in [0.25, 0.3) is 10.0 Å². The Kier molecular flexibility index (Phi) is 4.18. The molecular formula is C12H10F2N2O4S2. The molecule has 2 aromatic carbocycles. The highest BCUT2D eigenvalue weighted by Gasteiger charge is 2.18. The summed E-state index contributed by atoms with van der Waals surface area (Å²) in [6.07, 6.45) is 0. The molecule has 118 valence electrons. The zero-order valence-electron chi connectivity index (χ0n) is 10.8. The molecule has 0 fully saturated rings. The van der Waals surface area contributed by atoms with E-state index in [1.807, 2.05) is 4.72 Å². The molecule has 0 heterocycles. The van der Waals surface area contributed by atoms with Crippen LogP contribution in [0.15, 0.2) is 52.3 Å². The van der Waals surface area contributed by atoms with E-state index in [9.17, 15) is 25.6 Å². The Morgan fingerprint density at radius 1 is 0.909 bits per heavy atom. The first-order valence-corrected chi connectivity index (χ1v) is 8.73. The van der Waals surface area contributed by atoms with E-state index in [0.717, 1.165) is 30.3 Å². The highest BCUT2D eigenvalue weighted by molar-refractivity contribution is 7.92. The Hall–Kier alpha value is -2.04. The minimum Gasteiger partial charge on any atom is -0.277 e. The first kappa shape index (κ1) is 16.3. The summed E-state index contributed by atoms with van der Waals surface area (Å²) in [5.74, 6) is -1.90. The minimum atomic E-state index is -4.22. The van der Waals surface area contributed by atoms with Crippen LogP contribution in [0.2, 0.25) is 0 Å². The number of anilines is 1. The van der Waals surface area contributed by atoms with Crippen molar-refractivity contribution in [1.82, 2.24) is 0 Å². The SMILES string of the molecule is NS(=O)(=O)c1ccc(NS(=O)(=O)c2cccc(F)c2)c(F)c1. The number of nitrogens with one attached hydrogen (secondary N) is 1. The first-order chi connectivity index (χ1) is 10.1. The van der Waals surface area contributed by atoms with E-state index in [2.05, 4.69) is 0 Å². The molecule has 0 amide bonds. The van der Waals surface area contributed by atoms with Gasteiger partial charge >= 0.3 is 0 Å². The van der Waals surface area contributed by atoms with Crippen LogP contribution in [0.3, 0.4) is 0 Å². The van der Waals surface area contributed by atoms with Gasteiger partial charge in [-0.2, -0.15) is 0 Å². The zero-order chi connectivity index (χ0) is 16.5. The standard InChI is InChI=1S/C12H10F2N2O4S2/c13-8-2-1-3-10(6-8)22(19,20)16-12-5-4-9(7-11(12)14)21(15,17)18/h1-7,16H,(H2,15,17,18). The molecule has 0 aliphatic carbocycles. The number of rotatable bonds is 4. The molecule has 0 radical (unpaired) electrons. The van der Waals surface area contributed by atoms with Crippen LogP contribution in [0.25, 0.3) is 0 Å². The van der Waals surface area contributed by atoms with Crippen LogP contribution in [-0.4, -0.2) is 16.8 Å². The number of primary sulfonamides is 1. The van der Waals surface area contributed by atoms with Gasteiger partial charge in [-0.1, -0.05) is 6.07 Å². The number of hydrogen-bond donors (Lipinski definition) is 2. The van der Waals surface area contributed by atoms with Gasteiger partial charge in [0.2, 0.25) is 10.0 Å². The van der Waals surface area contributed by atoms with E-state index in [4.69, 9.17) is 5.14 Å². The molecule has 0 unspecified atom stereocenters. The predicted octanol–water partition coefficient (Wildman–Crippen LogP) is 1.41. The van der Waals surface area contributed by atoms with Crippen LogP contribution in [0, 0.1) is 11.6 Å². The number of halogens is 2. The van der Waals surface area contributed by atoms with E-state index in [1.54, 1.807) is 0 Å². The van der Waals surface area contributed by atoms with E-state index in [0.29, 0.717) is 6.07 Å². The molecule has 0 saturated heterocycles. The minimum absolute atomic E-state index is 0.401. The molecule has 0 saturated carbocycles. The van der Waals surface area contributed by atoms with Gasteiger partial charge in [-0.15, -0.1) is 0 Å². The van der Waals surface area contributed by atoms with Crippen molar-refractivity contribution in [3.8, 4) is 0 Å². The molecule has 0 spiro atoms. The average Bonchev–Trinajstić information content (AvgIpc) is 2.40. The second-order valence-corrected chi connectivity index (χ2v) is 7.49. The van der Waals surface area contributed by atoms with Gasteiger partial charge in [0, 0.05) is 0 Å². The normalized spacial score (nSPS) is 12.1. The fourth-order valence-corrected chi connectivity index (χ4v) is 3.22. The monoisotopic (exact) mass is 348 g/mol. The van der Waals surface area contributed by atoms with E-state index < -0.39 is 47.2 Å². The van der Waals surface area contributed by atoms with Gasteiger partial charge in [0.1, 0.15) is 11.6 Å². The molecule has 0 aromatic heterocycles. The molecule has 6 nitrogen and oxygen atoms in total. The second kappa shape index (κ2) is 5.63. The lowest BCUT2D eigenvalue weighted by Crippen LogP contribution is -2.16. The summed E-state index contributed by atoms with van der Waals surface area (Å²) in [6, 6.07) is 6.57. The topological polar surface area (TPSA) is 106 Å². The lowest BCUT2D eigenvalue weighted by atomic mass is 10.3. The van der Waals surface area contributed by atoms with Crippen molar-refractivity contribution in [3.05, 3.63) is 54.1 Å². The molecule has 22 heavy (non-hydrogen) atoms. The third-order valence-electron chi connectivity index (χ3n) is 2.62. The highest BCUT2D eigenvalue weighted by Crippen LogP contribution is 2.22. The Morgan fingerprint density at radius 2 is 1.59 bits per heavy atom. The second-order valence-electron chi connectivity index (χ2n) is 4.25. The lowest BCUT2D eigenvalue weighted by molar-refractivity contribution is 0.591. The zero-order valence-corrected chi connectivity index (χ0v) is 12.5. The summed E-state index contributed by atoms with van der Waals surface area (Å²) in [4.78, 5) is -0.902. The van der Waals surface area contributed by atoms with E-state index in [1.165, 1.54) is 6.07 Å². The maximum atomic E-state index is 13.8. The Labute approximate surface area is 125 Å². The summed E-state index contributed by atoms with van der Waals surface area (Å²) in [6.45, 7) is 0. The van der Waals surface area contributed by atoms with Crippen LogP contribution < -0.4 is 9.86 Å². The summed E-state index contributed by atoms with van der Waals surface area (Å²) < 4.78 is 74.9. The molecule has 0 aliphatic heterocycles. The fraction of sp³-hybridized carbons (Fsp3) is 0. The van der Waals surface area contributed by atoms with Crippen molar-refractivity contribution in [3.63, 3.8) is 0 Å². The summed E-state index contributed by atoms with van der Waals surface area (Å²) in [7, 11) is -8.33. The van der Waals surface area contributed by atoms with Crippen molar-refractivity contribution in [1.29, 1.82) is 0 Å². The summed E-state index contributed by atoms with van der Waals surface area (Å²) >= 11 is 0. The van der Waals surface area contributed by atoms with Gasteiger partial charge in [0.15, 0.2) is 0 Å². The van der Waals surface area contributed by atoms with Crippen LogP contribution in [0.1, 0.15) is 0 Å². The number of sulfonamides is 2. The van der Waals surface area contributed by atoms with Crippen LogP contribution >= 0.6 is 0 Å². The molecule has 2 rings (SSSR count). The summed E-state index contributed by atoms with van der Waals surface area (Å²) in [5.41, 5.74) is -0.489. The molecule has 3 N–H and O–H groups in total. The first-order valence-electron chi connectivity index (χ1n) is 5.70. The quantitative estimate of drug-likeness (QED) is 0.871. The third-order valence-corrected chi connectivity index (χ3v) is 4.89. The largest absolute Gasteiger partial charge is 0.277 e. The maximum absolute atomic E-state index is 13.8. The van der Waals surface area contributed by atoms with Crippen LogP contribution in [-0.2, 0) is 20.0 Å². The molecular weight excluding hydrogens is 338 g/mol. The fourth-order valence-electron chi connectivity index (χ4n) is 1.59. The van der Waals surface area contributed by atoms with Gasteiger partial charge in [-0.3, -0.25) is 4.72 Å². The van der Waals surface area contributed by atoms with Gasteiger partial charge in [-0.25, -0.2) is 30.8 Å². The lowest BCUT2D eigenvalue weighted by Gasteiger charge is -2.09. The van der Waals surface area contributed by atoms with E-state index >= 15 is 0 Å². The van der Waals surface area contributed by atoms with Crippen LogP contribution in [0.4, 0.5) is 14.5 Å². The predicted molar refractivity (Wildman–Crippen MR) is 75.0 cm³/mol. The number of benzene rings is 2. The molecule has 0 atom stereocenters. The third kappa shape index (κ3) is 3.59. The van der Waals surface area contributed by atoms with Crippen molar-refractivity contribution < 1.29 is 25.6 Å². The Balaban J connectivity index is 2.39.